The van der Waals surface area contributed by atoms with Crippen LogP contribution in [0.4, 0.5) is 0 Å². The van der Waals surface area contributed by atoms with Gasteiger partial charge < -0.3 is 0 Å². The van der Waals surface area contributed by atoms with E-state index in [1.54, 1.807) is 22.9 Å². The van der Waals surface area contributed by atoms with Crippen LogP contribution in [-0.2, 0) is 7.05 Å². The lowest BCUT2D eigenvalue weighted by molar-refractivity contribution is 0.748. The van der Waals surface area contributed by atoms with Gasteiger partial charge in [-0.3, -0.25) is 4.57 Å². The van der Waals surface area contributed by atoms with E-state index in [0.717, 1.165) is 22.5 Å². The fourth-order valence-electron chi connectivity index (χ4n) is 2.45. The van der Waals surface area contributed by atoms with Crippen molar-refractivity contribution in [2.45, 2.75) is 19.2 Å². The molecule has 110 valence electrons. The van der Waals surface area contributed by atoms with E-state index in [-0.39, 0.29) is 5.38 Å². The quantitative estimate of drug-likeness (QED) is 0.634. The van der Waals surface area contributed by atoms with E-state index in [1.165, 1.54) is 0 Å². The first-order valence-corrected chi connectivity index (χ1v) is 7.61. The van der Waals surface area contributed by atoms with E-state index >= 15 is 0 Å². The lowest BCUT2D eigenvalue weighted by atomic mass is 10.3. The molecule has 0 aliphatic carbocycles. The average molecular weight is 344 g/mol. The standard InChI is InChI=1S/C14H13Cl3N4/c1-7(15)13-18-12-8(2)19-20(3)14(12)21(13)11-6-9(16)4-5-10(11)17/h4-7H,1-3H3. The largest absolute Gasteiger partial charge is 0.278 e. The van der Waals surface area contributed by atoms with Crippen LogP contribution in [0, 0.1) is 6.92 Å². The van der Waals surface area contributed by atoms with Gasteiger partial charge in [-0.2, -0.15) is 5.10 Å². The topological polar surface area (TPSA) is 35.6 Å². The number of rotatable bonds is 2. The number of hydrogen-bond donors (Lipinski definition) is 0. The minimum Gasteiger partial charge on any atom is -0.278 e. The molecule has 0 bridgehead atoms. The van der Waals surface area contributed by atoms with E-state index in [9.17, 15) is 0 Å². The minimum atomic E-state index is -0.271. The van der Waals surface area contributed by atoms with E-state index in [2.05, 4.69) is 10.1 Å². The minimum absolute atomic E-state index is 0.271. The van der Waals surface area contributed by atoms with Crippen LogP contribution in [0.15, 0.2) is 18.2 Å². The number of hydrogen-bond acceptors (Lipinski definition) is 2. The fraction of sp³-hybridized carbons (Fsp3) is 0.286. The van der Waals surface area contributed by atoms with Gasteiger partial charge in [0.15, 0.2) is 5.65 Å². The Bertz CT molecular complexity index is 832. The van der Waals surface area contributed by atoms with E-state index < -0.39 is 0 Å². The van der Waals surface area contributed by atoms with Gasteiger partial charge in [-0.15, -0.1) is 11.6 Å². The Balaban J connectivity index is 2.44. The van der Waals surface area contributed by atoms with Crippen molar-refractivity contribution in [3.8, 4) is 5.69 Å². The number of imidazole rings is 1. The van der Waals surface area contributed by atoms with Crippen LogP contribution in [0.25, 0.3) is 16.9 Å². The third kappa shape index (κ3) is 2.31. The Morgan fingerprint density at radius 1 is 1.24 bits per heavy atom. The Labute approximate surface area is 137 Å². The SMILES string of the molecule is Cc1nn(C)c2c1nc(C(C)Cl)n2-c1cc(Cl)ccc1Cl. The molecule has 1 aromatic carbocycles. The summed E-state index contributed by atoms with van der Waals surface area (Å²) in [6.07, 6.45) is 0. The van der Waals surface area contributed by atoms with Crippen molar-refractivity contribution < 1.29 is 0 Å². The van der Waals surface area contributed by atoms with Gasteiger partial charge in [0.2, 0.25) is 0 Å². The predicted molar refractivity (Wildman–Crippen MR) is 86.9 cm³/mol. The molecule has 3 aromatic rings. The zero-order valence-corrected chi connectivity index (χ0v) is 14.0. The second-order valence-electron chi connectivity index (χ2n) is 4.90. The summed E-state index contributed by atoms with van der Waals surface area (Å²) in [6.45, 7) is 3.79. The van der Waals surface area contributed by atoms with E-state index in [0.29, 0.717) is 15.9 Å². The summed E-state index contributed by atoms with van der Waals surface area (Å²) >= 11 is 18.8. The van der Waals surface area contributed by atoms with Crippen molar-refractivity contribution in [3.63, 3.8) is 0 Å². The van der Waals surface area contributed by atoms with Gasteiger partial charge in [0.05, 0.1) is 21.8 Å². The highest BCUT2D eigenvalue weighted by Crippen LogP contribution is 2.33. The highest BCUT2D eigenvalue weighted by atomic mass is 35.5. The Morgan fingerprint density at radius 3 is 2.62 bits per heavy atom. The first kappa shape index (κ1) is 14.7. The maximum atomic E-state index is 6.34. The summed E-state index contributed by atoms with van der Waals surface area (Å²) < 4.78 is 3.69. The average Bonchev–Trinajstić information content (AvgIpc) is 2.92. The molecule has 0 saturated heterocycles. The molecule has 0 aliphatic heterocycles. The van der Waals surface area contributed by atoms with Crippen LogP contribution in [-0.4, -0.2) is 19.3 Å². The zero-order valence-electron chi connectivity index (χ0n) is 11.7. The molecule has 0 aliphatic rings. The van der Waals surface area contributed by atoms with Crippen LogP contribution in [0.2, 0.25) is 10.0 Å². The normalized spacial score (nSPS) is 13.0. The summed E-state index contributed by atoms with van der Waals surface area (Å²) in [6, 6.07) is 5.31. The Hall–Kier alpha value is -1.23. The van der Waals surface area contributed by atoms with Gasteiger partial charge in [-0.05, 0) is 32.0 Å². The number of alkyl halides is 1. The molecule has 0 radical (unpaired) electrons. The van der Waals surface area contributed by atoms with Crippen molar-refractivity contribution in [2.24, 2.45) is 7.05 Å². The summed E-state index contributed by atoms with van der Waals surface area (Å²) in [5.41, 5.74) is 3.26. The molecule has 0 amide bonds. The van der Waals surface area contributed by atoms with Gasteiger partial charge in [-0.1, -0.05) is 23.2 Å². The molecular formula is C14H13Cl3N4. The van der Waals surface area contributed by atoms with Crippen molar-refractivity contribution in [3.05, 3.63) is 39.8 Å². The first-order valence-electron chi connectivity index (χ1n) is 6.41. The number of benzene rings is 1. The molecule has 21 heavy (non-hydrogen) atoms. The summed E-state index contributed by atoms with van der Waals surface area (Å²) in [5, 5.41) is 5.31. The molecule has 3 rings (SSSR count). The van der Waals surface area contributed by atoms with Crippen molar-refractivity contribution in [1.82, 2.24) is 19.3 Å². The van der Waals surface area contributed by atoms with Gasteiger partial charge in [0.25, 0.3) is 0 Å². The van der Waals surface area contributed by atoms with Gasteiger partial charge in [0.1, 0.15) is 11.3 Å². The lowest BCUT2D eigenvalue weighted by Crippen LogP contribution is -2.06. The van der Waals surface area contributed by atoms with Gasteiger partial charge in [0, 0.05) is 12.1 Å². The molecule has 7 heteroatoms. The maximum Gasteiger partial charge on any atom is 0.163 e. The summed E-state index contributed by atoms with van der Waals surface area (Å²) in [4.78, 5) is 4.63. The molecule has 1 atom stereocenters. The Morgan fingerprint density at radius 2 is 1.95 bits per heavy atom. The molecule has 0 N–H and O–H groups in total. The smallest absolute Gasteiger partial charge is 0.163 e. The summed E-state index contributed by atoms with van der Waals surface area (Å²) in [7, 11) is 1.87. The fourth-order valence-corrected chi connectivity index (χ4v) is 2.97. The maximum absolute atomic E-state index is 6.34. The molecule has 0 fully saturated rings. The van der Waals surface area contributed by atoms with Crippen LogP contribution < -0.4 is 0 Å². The number of halogens is 3. The third-order valence-electron chi connectivity index (χ3n) is 3.33. The highest BCUT2D eigenvalue weighted by molar-refractivity contribution is 6.34. The molecular weight excluding hydrogens is 331 g/mol. The molecule has 4 nitrogen and oxygen atoms in total. The third-order valence-corrected chi connectivity index (χ3v) is 4.08. The van der Waals surface area contributed by atoms with Crippen LogP contribution >= 0.6 is 34.8 Å². The number of aryl methyl sites for hydroxylation is 2. The Kier molecular flexibility index (Phi) is 3.64. The number of nitrogens with zero attached hydrogens (tertiary/aromatic N) is 4. The highest BCUT2D eigenvalue weighted by Gasteiger charge is 2.22. The lowest BCUT2D eigenvalue weighted by Gasteiger charge is -2.13. The monoisotopic (exact) mass is 342 g/mol. The van der Waals surface area contributed by atoms with Gasteiger partial charge >= 0.3 is 0 Å². The molecule has 1 unspecified atom stereocenters. The van der Waals surface area contributed by atoms with E-state index in [1.807, 2.05) is 25.5 Å². The molecule has 0 saturated carbocycles. The second kappa shape index (κ2) is 5.20. The second-order valence-corrected chi connectivity index (χ2v) is 6.40. The predicted octanol–water partition coefficient (Wildman–Crippen LogP) is 4.67. The van der Waals surface area contributed by atoms with Crippen LogP contribution in [0.3, 0.4) is 0 Å². The van der Waals surface area contributed by atoms with Crippen LogP contribution in [0.5, 0.6) is 0 Å². The van der Waals surface area contributed by atoms with Crippen LogP contribution in [0.1, 0.15) is 23.8 Å². The molecule has 0 spiro atoms. The molecule has 2 heterocycles. The number of aromatic nitrogens is 4. The molecule has 2 aromatic heterocycles. The van der Waals surface area contributed by atoms with E-state index in [4.69, 9.17) is 34.8 Å². The summed E-state index contributed by atoms with van der Waals surface area (Å²) in [5.74, 6) is 0.715. The van der Waals surface area contributed by atoms with Crippen molar-refractivity contribution >= 4 is 46.0 Å². The van der Waals surface area contributed by atoms with Gasteiger partial charge in [-0.25, -0.2) is 9.67 Å². The van der Waals surface area contributed by atoms with Crippen molar-refractivity contribution in [2.75, 3.05) is 0 Å². The first-order chi connectivity index (χ1) is 9.90. The van der Waals surface area contributed by atoms with Crippen molar-refractivity contribution in [1.29, 1.82) is 0 Å². The number of fused-ring (bicyclic) bond motifs is 1. The zero-order chi connectivity index (χ0) is 15.3.